The summed E-state index contributed by atoms with van der Waals surface area (Å²) in [4.78, 5) is 25.4. The summed E-state index contributed by atoms with van der Waals surface area (Å²) in [5.74, 6) is 0.295. The van der Waals surface area contributed by atoms with Crippen molar-refractivity contribution >= 4 is 54.1 Å². The second-order valence-electron chi connectivity index (χ2n) is 8.54. The summed E-state index contributed by atoms with van der Waals surface area (Å²) in [5, 5.41) is 12.9. The van der Waals surface area contributed by atoms with Gasteiger partial charge in [-0.25, -0.2) is 18.4 Å². The molecule has 1 aliphatic heterocycles. The van der Waals surface area contributed by atoms with E-state index in [1.807, 2.05) is 26.2 Å². The predicted molar refractivity (Wildman–Crippen MR) is 142 cm³/mol. The number of carbonyl (C=O) groups excluding carboxylic acids is 1. The van der Waals surface area contributed by atoms with E-state index in [0.717, 1.165) is 25.2 Å². The summed E-state index contributed by atoms with van der Waals surface area (Å²) in [6, 6.07) is 9.83. The smallest absolute Gasteiger partial charge is 0.278 e. The van der Waals surface area contributed by atoms with Gasteiger partial charge in [-0.15, -0.1) is 0 Å². The molecule has 0 atom stereocenters. The number of benzene rings is 1. The van der Waals surface area contributed by atoms with Crippen LogP contribution in [0.3, 0.4) is 0 Å². The van der Waals surface area contributed by atoms with E-state index in [1.165, 1.54) is 23.5 Å². The molecule has 36 heavy (non-hydrogen) atoms. The van der Waals surface area contributed by atoms with Crippen molar-refractivity contribution in [1.29, 1.82) is 0 Å². The third kappa shape index (κ3) is 6.75. The van der Waals surface area contributed by atoms with E-state index < -0.39 is 15.7 Å². The molecule has 11 nitrogen and oxygen atoms in total. The van der Waals surface area contributed by atoms with Gasteiger partial charge < -0.3 is 15.0 Å². The molecular weight excluding hydrogens is 502 g/mol. The lowest BCUT2D eigenvalue weighted by atomic mass is 10.1. The maximum absolute atomic E-state index is 13.3. The molecule has 0 unspecified atom stereocenters. The van der Waals surface area contributed by atoms with Crippen LogP contribution in [0.2, 0.25) is 0 Å². The number of nitrogens with one attached hydrogen (secondary N) is 2. The van der Waals surface area contributed by atoms with Crippen molar-refractivity contribution in [2.45, 2.75) is 4.90 Å². The molecule has 3 heterocycles. The fourth-order valence-electron chi connectivity index (χ4n) is 3.42. The van der Waals surface area contributed by atoms with Gasteiger partial charge in [-0.05, 0) is 38.4 Å². The summed E-state index contributed by atoms with van der Waals surface area (Å²) in [6.45, 7) is 3.76. The van der Waals surface area contributed by atoms with Crippen LogP contribution in [-0.2, 0) is 19.4 Å². The number of rotatable bonds is 9. The van der Waals surface area contributed by atoms with Gasteiger partial charge in [-0.1, -0.05) is 23.5 Å². The number of anilines is 2. The van der Waals surface area contributed by atoms with Crippen LogP contribution in [0.1, 0.15) is 5.56 Å². The van der Waals surface area contributed by atoms with Crippen LogP contribution < -0.4 is 10.6 Å². The van der Waals surface area contributed by atoms with Crippen molar-refractivity contribution in [3.8, 4) is 0 Å². The Labute approximate surface area is 214 Å². The van der Waals surface area contributed by atoms with E-state index in [1.54, 1.807) is 17.1 Å². The Kier molecular flexibility index (Phi) is 8.14. The van der Waals surface area contributed by atoms with E-state index in [-0.39, 0.29) is 10.6 Å². The molecule has 2 aromatic heterocycles. The Morgan fingerprint density at radius 3 is 2.53 bits per heavy atom. The molecule has 0 spiro atoms. The number of ether oxygens (including phenoxy) is 1. The average molecular weight is 532 g/mol. The zero-order chi connectivity index (χ0) is 25.7. The Morgan fingerprint density at radius 1 is 1.14 bits per heavy atom. The van der Waals surface area contributed by atoms with Crippen LogP contribution in [0.5, 0.6) is 0 Å². The van der Waals surface area contributed by atoms with Crippen LogP contribution in [-0.4, -0.2) is 99.7 Å². The van der Waals surface area contributed by atoms with Crippen LogP contribution in [0.25, 0.3) is 10.3 Å². The maximum atomic E-state index is 13.3. The highest BCUT2D eigenvalue weighted by Gasteiger charge is 2.20. The van der Waals surface area contributed by atoms with E-state index in [0.29, 0.717) is 47.3 Å². The lowest BCUT2D eigenvalue weighted by Gasteiger charge is -2.24. The zero-order valence-corrected chi connectivity index (χ0v) is 22.0. The lowest BCUT2D eigenvalue weighted by molar-refractivity contribution is -0.110. The number of sulfone groups is 1. The largest absolute Gasteiger partial charge is 0.378 e. The molecule has 1 saturated heterocycles. The standard InChI is InChI=1S/C23H29N7O4S2/c1-29(2)11-10-24-19-9-8-18-22(26-19)35-23(25-18)27-21(31)20(28-30-12-14-34-15-13-30)16-4-6-17(7-5-16)36(3,32)33/h4-9H,10-15H2,1-3H3,(H,24,26)(H,25,27,31)/b28-20+. The van der Waals surface area contributed by atoms with Gasteiger partial charge >= 0.3 is 0 Å². The fourth-order valence-corrected chi connectivity index (χ4v) is 4.89. The van der Waals surface area contributed by atoms with Crippen LogP contribution in [0, 0.1) is 0 Å². The van der Waals surface area contributed by atoms with E-state index in [9.17, 15) is 13.2 Å². The first-order chi connectivity index (χ1) is 17.2. The Morgan fingerprint density at radius 2 is 1.86 bits per heavy atom. The molecule has 4 rings (SSSR count). The number of carbonyl (C=O) groups is 1. The normalized spacial score (nSPS) is 14.9. The molecule has 1 amide bonds. The number of hydrogen-bond acceptors (Lipinski definition) is 11. The fraction of sp³-hybridized carbons (Fsp3) is 0.391. The lowest BCUT2D eigenvalue weighted by Crippen LogP contribution is -2.35. The summed E-state index contributed by atoms with van der Waals surface area (Å²) in [6.07, 6.45) is 1.14. The van der Waals surface area contributed by atoms with E-state index in [4.69, 9.17) is 4.74 Å². The van der Waals surface area contributed by atoms with Crippen molar-refractivity contribution in [2.24, 2.45) is 5.10 Å². The minimum atomic E-state index is -3.36. The number of likely N-dealkylation sites (N-methyl/N-ethyl adjacent to an activating group) is 1. The SMILES string of the molecule is CN(C)CCNc1ccc2nc(NC(=O)/C(=N/N3CCOCC3)c3ccc(S(C)(=O)=O)cc3)sc2n1. The molecule has 13 heteroatoms. The van der Waals surface area contributed by atoms with Gasteiger partial charge in [0.25, 0.3) is 5.91 Å². The quantitative estimate of drug-likeness (QED) is 0.397. The van der Waals surface area contributed by atoms with Gasteiger partial charge in [0.2, 0.25) is 0 Å². The summed E-state index contributed by atoms with van der Waals surface area (Å²) in [5.41, 5.74) is 1.34. The number of nitrogens with zero attached hydrogens (tertiary/aromatic N) is 5. The van der Waals surface area contributed by atoms with Gasteiger partial charge in [0.1, 0.15) is 16.2 Å². The zero-order valence-electron chi connectivity index (χ0n) is 20.4. The maximum Gasteiger partial charge on any atom is 0.278 e. The van der Waals surface area contributed by atoms with E-state index in [2.05, 4.69) is 30.6 Å². The van der Waals surface area contributed by atoms with Gasteiger partial charge in [0.15, 0.2) is 20.7 Å². The minimum absolute atomic E-state index is 0.162. The summed E-state index contributed by atoms with van der Waals surface area (Å²) < 4.78 is 29.1. The van der Waals surface area contributed by atoms with Crippen molar-refractivity contribution in [1.82, 2.24) is 19.9 Å². The van der Waals surface area contributed by atoms with E-state index >= 15 is 0 Å². The Balaban J connectivity index is 1.56. The molecule has 1 aromatic carbocycles. The number of morpholine rings is 1. The third-order valence-corrected chi connectivity index (χ3v) is 7.35. The molecule has 0 radical (unpaired) electrons. The first kappa shape index (κ1) is 25.9. The van der Waals surface area contributed by atoms with Gasteiger partial charge in [-0.2, -0.15) is 5.10 Å². The predicted octanol–water partition coefficient (Wildman–Crippen LogP) is 1.74. The van der Waals surface area contributed by atoms with Crippen molar-refractivity contribution in [3.05, 3.63) is 42.0 Å². The molecule has 2 N–H and O–H groups in total. The summed E-state index contributed by atoms with van der Waals surface area (Å²) in [7, 11) is 0.654. The number of thiazole rings is 1. The van der Waals surface area contributed by atoms with Crippen molar-refractivity contribution < 1.29 is 17.9 Å². The van der Waals surface area contributed by atoms with Gasteiger partial charge in [0, 0.05) is 24.9 Å². The van der Waals surface area contributed by atoms with Crippen LogP contribution in [0.15, 0.2) is 46.4 Å². The molecule has 1 fully saturated rings. The number of hydrogen-bond donors (Lipinski definition) is 2. The molecule has 192 valence electrons. The van der Waals surface area contributed by atoms with Crippen molar-refractivity contribution in [2.75, 3.05) is 70.4 Å². The first-order valence-electron chi connectivity index (χ1n) is 11.4. The molecular formula is C23H29N7O4S2. The molecule has 3 aromatic rings. The highest BCUT2D eigenvalue weighted by molar-refractivity contribution is 7.90. The number of fused-ring (bicyclic) bond motifs is 1. The topological polar surface area (TPSA) is 129 Å². The molecule has 0 saturated carbocycles. The van der Waals surface area contributed by atoms with Gasteiger partial charge in [0.05, 0.1) is 31.2 Å². The second-order valence-corrected chi connectivity index (χ2v) is 11.5. The van der Waals surface area contributed by atoms with Crippen LogP contribution >= 0.6 is 11.3 Å². The molecule has 1 aliphatic rings. The number of aromatic nitrogens is 2. The van der Waals surface area contributed by atoms with Gasteiger partial charge in [-0.3, -0.25) is 15.1 Å². The minimum Gasteiger partial charge on any atom is -0.378 e. The Hall–Kier alpha value is -3.13. The van der Waals surface area contributed by atoms with Crippen LogP contribution in [0.4, 0.5) is 10.9 Å². The molecule has 0 aliphatic carbocycles. The average Bonchev–Trinajstić information content (AvgIpc) is 3.24. The van der Waals surface area contributed by atoms with Crippen molar-refractivity contribution in [3.63, 3.8) is 0 Å². The highest BCUT2D eigenvalue weighted by atomic mass is 32.2. The monoisotopic (exact) mass is 531 g/mol. The summed E-state index contributed by atoms with van der Waals surface area (Å²) >= 11 is 1.27. The molecule has 0 bridgehead atoms. The first-order valence-corrected chi connectivity index (χ1v) is 14.1. The third-order valence-electron chi connectivity index (χ3n) is 5.34. The Bertz CT molecular complexity index is 1350. The number of pyridine rings is 1. The highest BCUT2D eigenvalue weighted by Crippen LogP contribution is 2.26. The number of amides is 1. The second kappa shape index (κ2) is 11.3. The number of hydrazone groups is 1.